The summed E-state index contributed by atoms with van der Waals surface area (Å²) in [5.41, 5.74) is 10.9. The number of carbonyl (C=O) groups excluding carboxylic acids is 1. The second-order valence-corrected chi connectivity index (χ2v) is 6.59. The fraction of sp³-hybridized carbons (Fsp3) is 0.929. The molecule has 19 heavy (non-hydrogen) atoms. The van der Waals surface area contributed by atoms with E-state index in [1.807, 2.05) is 0 Å². The van der Waals surface area contributed by atoms with Crippen LogP contribution in [0.25, 0.3) is 0 Å². The lowest BCUT2D eigenvalue weighted by molar-refractivity contribution is -0.125. The Kier molecular flexibility index (Phi) is 4.18. The van der Waals surface area contributed by atoms with Gasteiger partial charge in [-0.25, -0.2) is 0 Å². The van der Waals surface area contributed by atoms with E-state index in [9.17, 15) is 4.79 Å². The smallest absolute Gasteiger partial charge is 0.237 e. The maximum absolute atomic E-state index is 11.6. The molecule has 1 saturated heterocycles. The molecule has 0 spiro atoms. The van der Waals surface area contributed by atoms with Crippen LogP contribution >= 0.6 is 0 Å². The standard InChI is InChI=1S/C14H28N4O/c1-10-8-18(9-11(2)17(10)3)12-5-4-6-14(16,7-12)13(15)19/h10-12H,4-9,16H2,1-3H3,(H2,15,19). The number of primary amides is 1. The van der Waals surface area contributed by atoms with E-state index in [0.29, 0.717) is 24.5 Å². The SMILES string of the molecule is CC1CN(C2CCCC(N)(C(N)=O)C2)CC(C)N1C. The van der Waals surface area contributed by atoms with Gasteiger partial charge in [-0.3, -0.25) is 14.6 Å². The van der Waals surface area contributed by atoms with Crippen LogP contribution in [-0.2, 0) is 4.79 Å². The summed E-state index contributed by atoms with van der Waals surface area (Å²) in [7, 11) is 2.18. The minimum Gasteiger partial charge on any atom is -0.368 e. The molecule has 5 heteroatoms. The summed E-state index contributed by atoms with van der Waals surface area (Å²) >= 11 is 0. The number of hydrogen-bond acceptors (Lipinski definition) is 4. The number of nitrogens with zero attached hydrogens (tertiary/aromatic N) is 2. The molecule has 1 amide bonds. The molecule has 1 aliphatic heterocycles. The molecule has 0 bridgehead atoms. The Labute approximate surface area is 116 Å². The molecule has 4 N–H and O–H groups in total. The Bertz CT molecular complexity index is 336. The number of nitrogens with two attached hydrogens (primary N) is 2. The molecule has 4 unspecified atom stereocenters. The van der Waals surface area contributed by atoms with Gasteiger partial charge in [0, 0.05) is 31.2 Å². The summed E-state index contributed by atoms with van der Waals surface area (Å²) in [6, 6.07) is 1.50. The van der Waals surface area contributed by atoms with Crippen LogP contribution in [0.1, 0.15) is 39.5 Å². The summed E-state index contributed by atoms with van der Waals surface area (Å²) < 4.78 is 0. The molecular weight excluding hydrogens is 240 g/mol. The van der Waals surface area contributed by atoms with Crippen LogP contribution in [0.3, 0.4) is 0 Å². The van der Waals surface area contributed by atoms with Crippen molar-refractivity contribution in [2.45, 2.75) is 63.2 Å². The van der Waals surface area contributed by atoms with Crippen molar-refractivity contribution in [1.29, 1.82) is 0 Å². The summed E-state index contributed by atoms with van der Waals surface area (Å²) in [4.78, 5) is 16.5. The molecule has 1 saturated carbocycles. The second-order valence-electron chi connectivity index (χ2n) is 6.59. The van der Waals surface area contributed by atoms with Crippen LogP contribution < -0.4 is 11.5 Å². The van der Waals surface area contributed by atoms with E-state index >= 15 is 0 Å². The number of piperazine rings is 1. The summed E-state index contributed by atoms with van der Waals surface area (Å²) in [5.74, 6) is -0.340. The highest BCUT2D eigenvalue weighted by Gasteiger charge is 2.41. The molecular formula is C14H28N4O. The van der Waals surface area contributed by atoms with Crippen LogP contribution in [0.4, 0.5) is 0 Å². The Morgan fingerprint density at radius 1 is 1.26 bits per heavy atom. The Balaban J connectivity index is 2.04. The summed E-state index contributed by atoms with van der Waals surface area (Å²) in [5, 5.41) is 0. The van der Waals surface area contributed by atoms with Crippen molar-refractivity contribution < 1.29 is 4.79 Å². The zero-order valence-electron chi connectivity index (χ0n) is 12.4. The first kappa shape index (κ1) is 14.8. The van der Waals surface area contributed by atoms with E-state index in [1.54, 1.807) is 0 Å². The largest absolute Gasteiger partial charge is 0.368 e. The molecule has 0 aromatic heterocycles. The highest BCUT2D eigenvalue weighted by Crippen LogP contribution is 2.31. The number of carbonyl (C=O) groups is 1. The molecule has 110 valence electrons. The van der Waals surface area contributed by atoms with Crippen LogP contribution in [0, 0.1) is 0 Å². The molecule has 0 aromatic rings. The van der Waals surface area contributed by atoms with Gasteiger partial charge in [0.25, 0.3) is 0 Å². The minimum atomic E-state index is -0.793. The van der Waals surface area contributed by atoms with Gasteiger partial charge in [0.1, 0.15) is 0 Å². The first-order valence-electron chi connectivity index (χ1n) is 7.38. The monoisotopic (exact) mass is 268 g/mol. The van der Waals surface area contributed by atoms with Gasteiger partial charge in [-0.05, 0) is 46.6 Å². The van der Waals surface area contributed by atoms with Gasteiger partial charge < -0.3 is 11.5 Å². The van der Waals surface area contributed by atoms with E-state index in [0.717, 1.165) is 32.4 Å². The van der Waals surface area contributed by atoms with Crippen molar-refractivity contribution in [2.24, 2.45) is 11.5 Å². The number of amides is 1. The van der Waals surface area contributed by atoms with Crippen molar-refractivity contribution in [3.05, 3.63) is 0 Å². The number of hydrogen-bond donors (Lipinski definition) is 2. The minimum absolute atomic E-state index is 0.340. The average Bonchev–Trinajstić information content (AvgIpc) is 2.35. The zero-order chi connectivity index (χ0) is 14.2. The van der Waals surface area contributed by atoms with Crippen molar-refractivity contribution in [2.75, 3.05) is 20.1 Å². The van der Waals surface area contributed by atoms with E-state index in [1.165, 1.54) is 0 Å². The molecule has 2 rings (SSSR count). The lowest BCUT2D eigenvalue weighted by Gasteiger charge is -2.48. The molecule has 0 radical (unpaired) electrons. The van der Waals surface area contributed by atoms with Crippen molar-refractivity contribution >= 4 is 5.91 Å². The fourth-order valence-electron chi connectivity index (χ4n) is 3.56. The first-order valence-corrected chi connectivity index (χ1v) is 7.38. The van der Waals surface area contributed by atoms with Crippen molar-refractivity contribution in [3.63, 3.8) is 0 Å². The maximum Gasteiger partial charge on any atom is 0.237 e. The van der Waals surface area contributed by atoms with E-state index in [-0.39, 0.29) is 5.91 Å². The third-order valence-corrected chi connectivity index (χ3v) is 5.16. The zero-order valence-corrected chi connectivity index (χ0v) is 12.4. The quantitative estimate of drug-likeness (QED) is 0.747. The second kappa shape index (κ2) is 5.38. The third-order valence-electron chi connectivity index (χ3n) is 5.16. The molecule has 1 heterocycles. The first-order chi connectivity index (χ1) is 8.83. The Morgan fingerprint density at radius 3 is 2.37 bits per heavy atom. The van der Waals surface area contributed by atoms with Crippen LogP contribution in [0.2, 0.25) is 0 Å². The predicted octanol–water partition coefficient (Wildman–Crippen LogP) is 0.136. The predicted molar refractivity (Wildman–Crippen MR) is 76.6 cm³/mol. The Hall–Kier alpha value is -0.650. The van der Waals surface area contributed by atoms with Gasteiger partial charge in [0.2, 0.25) is 5.91 Å². The topological polar surface area (TPSA) is 75.6 Å². The molecule has 2 fully saturated rings. The van der Waals surface area contributed by atoms with E-state index in [2.05, 4.69) is 30.7 Å². The van der Waals surface area contributed by atoms with Crippen molar-refractivity contribution in [1.82, 2.24) is 9.80 Å². The highest BCUT2D eigenvalue weighted by molar-refractivity contribution is 5.84. The summed E-state index contributed by atoms with van der Waals surface area (Å²) in [6.45, 7) is 6.63. The lowest BCUT2D eigenvalue weighted by Crippen LogP contribution is -2.62. The van der Waals surface area contributed by atoms with Crippen molar-refractivity contribution in [3.8, 4) is 0 Å². The third kappa shape index (κ3) is 2.93. The lowest BCUT2D eigenvalue weighted by atomic mass is 9.78. The molecule has 5 nitrogen and oxygen atoms in total. The van der Waals surface area contributed by atoms with E-state index < -0.39 is 5.54 Å². The van der Waals surface area contributed by atoms with Gasteiger partial charge in [-0.1, -0.05) is 0 Å². The maximum atomic E-state index is 11.6. The van der Waals surface area contributed by atoms with Gasteiger partial charge in [0.05, 0.1) is 5.54 Å². The van der Waals surface area contributed by atoms with Crippen LogP contribution in [0.15, 0.2) is 0 Å². The molecule has 0 aromatic carbocycles. The van der Waals surface area contributed by atoms with Gasteiger partial charge >= 0.3 is 0 Å². The summed E-state index contributed by atoms with van der Waals surface area (Å²) in [6.07, 6.45) is 3.58. The van der Waals surface area contributed by atoms with Gasteiger partial charge in [0.15, 0.2) is 0 Å². The molecule has 4 atom stereocenters. The molecule has 1 aliphatic carbocycles. The number of rotatable bonds is 2. The van der Waals surface area contributed by atoms with Crippen LogP contribution in [0.5, 0.6) is 0 Å². The van der Waals surface area contributed by atoms with Crippen LogP contribution in [-0.4, -0.2) is 59.5 Å². The van der Waals surface area contributed by atoms with E-state index in [4.69, 9.17) is 11.5 Å². The molecule has 2 aliphatic rings. The Morgan fingerprint density at radius 2 is 1.84 bits per heavy atom. The van der Waals surface area contributed by atoms with Gasteiger partial charge in [-0.15, -0.1) is 0 Å². The van der Waals surface area contributed by atoms with Gasteiger partial charge in [-0.2, -0.15) is 0 Å². The fourth-order valence-corrected chi connectivity index (χ4v) is 3.56. The normalized spacial score (nSPS) is 42.2. The average molecular weight is 268 g/mol. The highest BCUT2D eigenvalue weighted by atomic mass is 16.1. The number of likely N-dealkylation sites (N-methyl/N-ethyl adjacent to an activating group) is 1.